The van der Waals surface area contributed by atoms with Crippen molar-refractivity contribution in [1.82, 2.24) is 0 Å². The van der Waals surface area contributed by atoms with Gasteiger partial charge >= 0.3 is 11.9 Å². The van der Waals surface area contributed by atoms with E-state index in [0.29, 0.717) is 19.3 Å². The Labute approximate surface area is 102 Å². The van der Waals surface area contributed by atoms with Crippen molar-refractivity contribution in [2.75, 3.05) is 0 Å². The molecule has 96 valence electrons. The van der Waals surface area contributed by atoms with Crippen LogP contribution >= 0.6 is 0 Å². The summed E-state index contributed by atoms with van der Waals surface area (Å²) in [6.07, 6.45) is 8.77. The van der Waals surface area contributed by atoms with Crippen LogP contribution in [0.1, 0.15) is 51.9 Å². The Hall–Kier alpha value is -1.50. The molecule has 0 radical (unpaired) electrons. The van der Waals surface area contributed by atoms with Crippen molar-refractivity contribution in [3.8, 4) is 12.3 Å². The van der Waals surface area contributed by atoms with Gasteiger partial charge in [0.15, 0.2) is 6.10 Å². The van der Waals surface area contributed by atoms with Crippen LogP contribution in [0.2, 0.25) is 0 Å². The summed E-state index contributed by atoms with van der Waals surface area (Å²) in [4.78, 5) is 21.6. The molecule has 0 aliphatic carbocycles. The second-order valence-electron chi connectivity index (χ2n) is 3.89. The lowest BCUT2D eigenvalue weighted by molar-refractivity contribution is -0.147. The van der Waals surface area contributed by atoms with Crippen LogP contribution < -0.4 is 0 Å². The number of aliphatic carboxylic acids is 1. The molecule has 17 heavy (non-hydrogen) atoms. The number of rotatable bonds is 9. The molecule has 0 aromatic rings. The molecule has 0 rings (SSSR count). The predicted molar refractivity (Wildman–Crippen MR) is 64.3 cm³/mol. The number of terminal acetylenes is 1. The number of unbranched alkanes of at least 4 members (excludes halogenated alkanes) is 2. The Morgan fingerprint density at radius 2 is 1.94 bits per heavy atom. The summed E-state index contributed by atoms with van der Waals surface area (Å²) < 4.78 is 5.09. The van der Waals surface area contributed by atoms with E-state index >= 15 is 0 Å². The number of hydrogen-bond acceptors (Lipinski definition) is 3. The lowest BCUT2D eigenvalue weighted by Gasteiger charge is -2.11. The highest BCUT2D eigenvalue weighted by Gasteiger charge is 2.11. The van der Waals surface area contributed by atoms with E-state index in [-0.39, 0.29) is 18.8 Å². The maximum Gasteiger partial charge on any atom is 0.307 e. The third-order valence-corrected chi connectivity index (χ3v) is 2.30. The molecular formula is C13H20O4. The highest BCUT2D eigenvalue weighted by molar-refractivity contribution is 5.70. The van der Waals surface area contributed by atoms with E-state index in [1.165, 1.54) is 0 Å². The van der Waals surface area contributed by atoms with Crippen molar-refractivity contribution in [3.63, 3.8) is 0 Å². The van der Waals surface area contributed by atoms with Crippen LogP contribution in [0, 0.1) is 12.3 Å². The largest absolute Gasteiger partial charge is 0.481 e. The van der Waals surface area contributed by atoms with E-state index < -0.39 is 12.1 Å². The number of carbonyl (C=O) groups is 2. The van der Waals surface area contributed by atoms with Gasteiger partial charge in [0.25, 0.3) is 0 Å². The van der Waals surface area contributed by atoms with Gasteiger partial charge in [0, 0.05) is 12.8 Å². The van der Waals surface area contributed by atoms with E-state index in [1.807, 2.05) is 6.92 Å². The Bertz CT molecular complexity index is 278. The fraction of sp³-hybridized carbons (Fsp3) is 0.692. The van der Waals surface area contributed by atoms with Crippen molar-refractivity contribution in [1.29, 1.82) is 0 Å². The fourth-order valence-electron chi connectivity index (χ4n) is 1.33. The number of carboxylic acid groups (broad SMARTS) is 1. The van der Waals surface area contributed by atoms with Gasteiger partial charge in [-0.15, -0.1) is 6.42 Å². The Kier molecular flexibility index (Phi) is 8.85. The molecule has 0 saturated heterocycles. The molecule has 0 bridgehead atoms. The average molecular weight is 240 g/mol. The molecule has 1 N–H and O–H groups in total. The first-order valence-corrected chi connectivity index (χ1v) is 5.97. The summed E-state index contributed by atoms with van der Waals surface area (Å²) in [5.74, 6) is 1.26. The summed E-state index contributed by atoms with van der Waals surface area (Å²) in [5, 5.41) is 8.42. The minimum atomic E-state index is -0.845. The third kappa shape index (κ3) is 9.43. The van der Waals surface area contributed by atoms with Crippen molar-refractivity contribution >= 4 is 11.9 Å². The summed E-state index contributed by atoms with van der Waals surface area (Å²) in [6.45, 7) is 2.04. The van der Waals surface area contributed by atoms with Crippen LogP contribution in [0.3, 0.4) is 0 Å². The fourth-order valence-corrected chi connectivity index (χ4v) is 1.33. The smallest absolute Gasteiger partial charge is 0.307 e. The number of hydrogen-bond donors (Lipinski definition) is 1. The molecule has 4 nitrogen and oxygen atoms in total. The molecule has 0 aromatic heterocycles. The average Bonchev–Trinajstić information content (AvgIpc) is 2.29. The first-order valence-electron chi connectivity index (χ1n) is 5.97. The Morgan fingerprint density at radius 3 is 2.47 bits per heavy atom. The summed E-state index contributed by atoms with van der Waals surface area (Å²) in [7, 11) is 0. The zero-order valence-electron chi connectivity index (χ0n) is 10.3. The van der Waals surface area contributed by atoms with Gasteiger partial charge in [0.05, 0.1) is 0 Å². The maximum absolute atomic E-state index is 11.4. The first kappa shape index (κ1) is 15.5. The van der Waals surface area contributed by atoms with E-state index in [2.05, 4.69) is 5.92 Å². The Balaban J connectivity index is 3.69. The van der Waals surface area contributed by atoms with Crippen LogP contribution in [0.15, 0.2) is 0 Å². The zero-order valence-corrected chi connectivity index (χ0v) is 10.3. The van der Waals surface area contributed by atoms with Gasteiger partial charge in [0.2, 0.25) is 0 Å². The molecule has 0 saturated carbocycles. The minimum Gasteiger partial charge on any atom is -0.481 e. The maximum atomic E-state index is 11.4. The quantitative estimate of drug-likeness (QED) is 0.382. The monoisotopic (exact) mass is 240 g/mol. The van der Waals surface area contributed by atoms with Gasteiger partial charge < -0.3 is 9.84 Å². The third-order valence-electron chi connectivity index (χ3n) is 2.30. The van der Waals surface area contributed by atoms with Gasteiger partial charge in [-0.05, 0) is 25.7 Å². The molecule has 0 spiro atoms. The molecule has 0 amide bonds. The van der Waals surface area contributed by atoms with Crippen LogP contribution in [0.25, 0.3) is 0 Å². The summed E-state index contributed by atoms with van der Waals surface area (Å²) in [5.41, 5.74) is 0. The van der Waals surface area contributed by atoms with E-state index in [9.17, 15) is 9.59 Å². The van der Waals surface area contributed by atoms with Crippen LogP contribution in [-0.2, 0) is 14.3 Å². The van der Waals surface area contributed by atoms with Crippen LogP contribution in [-0.4, -0.2) is 23.1 Å². The van der Waals surface area contributed by atoms with Crippen molar-refractivity contribution in [2.24, 2.45) is 0 Å². The first-order chi connectivity index (χ1) is 8.10. The minimum absolute atomic E-state index is 0.0850. The van der Waals surface area contributed by atoms with E-state index in [4.69, 9.17) is 16.3 Å². The number of ether oxygens (including phenoxy) is 1. The van der Waals surface area contributed by atoms with Crippen LogP contribution in [0.4, 0.5) is 0 Å². The molecule has 4 heteroatoms. The van der Waals surface area contributed by atoms with Crippen molar-refractivity contribution in [3.05, 3.63) is 0 Å². The van der Waals surface area contributed by atoms with Gasteiger partial charge in [-0.1, -0.05) is 19.3 Å². The lowest BCUT2D eigenvalue weighted by Crippen LogP contribution is -2.16. The van der Waals surface area contributed by atoms with Crippen LogP contribution in [0.5, 0.6) is 0 Å². The zero-order chi connectivity index (χ0) is 13.1. The number of carbonyl (C=O) groups excluding carboxylic acids is 1. The molecular weight excluding hydrogens is 220 g/mol. The molecule has 0 heterocycles. The molecule has 1 unspecified atom stereocenters. The number of carboxylic acids is 1. The van der Waals surface area contributed by atoms with E-state index in [0.717, 1.165) is 12.8 Å². The highest BCUT2D eigenvalue weighted by Crippen LogP contribution is 2.07. The summed E-state index contributed by atoms with van der Waals surface area (Å²) >= 11 is 0. The molecule has 1 atom stereocenters. The highest BCUT2D eigenvalue weighted by atomic mass is 16.5. The van der Waals surface area contributed by atoms with Crippen molar-refractivity contribution < 1.29 is 19.4 Å². The summed E-state index contributed by atoms with van der Waals surface area (Å²) in [6, 6.07) is 0. The van der Waals surface area contributed by atoms with E-state index in [1.54, 1.807) is 0 Å². The Morgan fingerprint density at radius 1 is 1.29 bits per heavy atom. The molecule has 0 fully saturated rings. The second-order valence-corrected chi connectivity index (χ2v) is 3.89. The topological polar surface area (TPSA) is 63.6 Å². The van der Waals surface area contributed by atoms with Gasteiger partial charge in [-0.25, -0.2) is 0 Å². The van der Waals surface area contributed by atoms with Gasteiger partial charge in [-0.3, -0.25) is 9.59 Å². The predicted octanol–water partition coefficient (Wildman–Crippen LogP) is 2.37. The number of esters is 1. The lowest BCUT2D eigenvalue weighted by atomic mass is 10.1. The standard InChI is InChI=1S/C13H20O4/c1-3-5-8-11(4-2)17-13(16)10-7-6-9-12(14)15/h2,11H,3,5-10H2,1H3,(H,14,15). The van der Waals surface area contributed by atoms with Gasteiger partial charge in [-0.2, -0.15) is 0 Å². The molecule has 0 aliphatic heterocycles. The van der Waals surface area contributed by atoms with Crippen molar-refractivity contribution in [2.45, 2.75) is 58.0 Å². The second kappa shape index (κ2) is 9.71. The SMILES string of the molecule is C#CC(CCCC)OC(=O)CCCCC(=O)O. The van der Waals surface area contributed by atoms with Gasteiger partial charge in [0.1, 0.15) is 0 Å². The molecule has 0 aliphatic rings. The molecule has 0 aromatic carbocycles. The normalized spacial score (nSPS) is 11.5.